The third-order valence-corrected chi connectivity index (χ3v) is 4.59. The summed E-state index contributed by atoms with van der Waals surface area (Å²) in [6, 6.07) is 24.5. The number of ether oxygens (including phenoxy) is 2. The number of methoxy groups -OCH3 is 1. The molecule has 0 saturated heterocycles. The monoisotopic (exact) mass is 411 g/mol. The molecule has 3 aromatic rings. The van der Waals surface area contributed by atoms with E-state index in [1.807, 2.05) is 54.6 Å². The second kappa shape index (κ2) is 9.30. The van der Waals surface area contributed by atoms with E-state index in [1.54, 1.807) is 7.11 Å². The van der Waals surface area contributed by atoms with Gasteiger partial charge in [0.2, 0.25) is 0 Å². The van der Waals surface area contributed by atoms with E-state index in [-0.39, 0.29) is 0 Å². The Labute approximate surface area is 163 Å². The third-order valence-electron chi connectivity index (χ3n) is 4.06. The average molecular weight is 412 g/mol. The van der Waals surface area contributed by atoms with Crippen LogP contribution in [0, 0.1) is 0 Å². The number of hydrogen-bond acceptors (Lipinski definition) is 3. The molecule has 0 atom stereocenters. The summed E-state index contributed by atoms with van der Waals surface area (Å²) in [4.78, 5) is 0. The zero-order valence-electron chi connectivity index (χ0n) is 14.7. The molecule has 4 heteroatoms. The van der Waals surface area contributed by atoms with E-state index in [0.29, 0.717) is 6.61 Å². The van der Waals surface area contributed by atoms with E-state index in [9.17, 15) is 0 Å². The molecule has 0 heterocycles. The fourth-order valence-corrected chi connectivity index (χ4v) is 2.90. The molecule has 0 aromatic heterocycles. The molecule has 0 radical (unpaired) electrons. The summed E-state index contributed by atoms with van der Waals surface area (Å²) < 4.78 is 12.5. The van der Waals surface area contributed by atoms with Crippen LogP contribution < -0.4 is 14.8 Å². The molecular weight excluding hydrogens is 390 g/mol. The molecule has 0 bridgehead atoms. The van der Waals surface area contributed by atoms with Crippen molar-refractivity contribution in [2.24, 2.45) is 0 Å². The summed E-state index contributed by atoms with van der Waals surface area (Å²) in [6.45, 7) is 1.35. The van der Waals surface area contributed by atoms with Crippen molar-refractivity contribution in [3.8, 4) is 11.5 Å². The molecule has 0 amide bonds. The van der Waals surface area contributed by atoms with Gasteiger partial charge in [-0.15, -0.1) is 0 Å². The Balaban J connectivity index is 1.57. The van der Waals surface area contributed by atoms with Crippen LogP contribution in [-0.4, -0.2) is 13.7 Å². The smallest absolute Gasteiger partial charge is 0.161 e. The predicted octanol–water partition coefficient (Wildman–Crippen LogP) is 5.69. The van der Waals surface area contributed by atoms with E-state index < -0.39 is 0 Å². The minimum atomic E-state index is 0.622. The number of benzene rings is 3. The van der Waals surface area contributed by atoms with Crippen molar-refractivity contribution in [3.05, 3.63) is 88.4 Å². The third kappa shape index (κ3) is 5.27. The van der Waals surface area contributed by atoms with Gasteiger partial charge < -0.3 is 14.8 Å². The first-order valence-electron chi connectivity index (χ1n) is 8.57. The second-order valence-corrected chi connectivity index (χ2v) is 6.85. The van der Waals surface area contributed by atoms with Crippen molar-refractivity contribution in [1.29, 1.82) is 0 Å². The Bertz CT molecular complexity index is 819. The van der Waals surface area contributed by atoms with E-state index in [2.05, 4.69) is 39.4 Å². The van der Waals surface area contributed by atoms with Gasteiger partial charge in [-0.05, 0) is 47.5 Å². The lowest BCUT2D eigenvalue weighted by Gasteiger charge is -2.13. The van der Waals surface area contributed by atoms with Crippen molar-refractivity contribution >= 4 is 21.6 Å². The number of hydrogen-bond donors (Lipinski definition) is 1. The topological polar surface area (TPSA) is 30.5 Å². The molecule has 0 aliphatic carbocycles. The Kier molecular flexibility index (Phi) is 6.56. The van der Waals surface area contributed by atoms with Crippen molar-refractivity contribution in [2.45, 2.75) is 13.0 Å². The second-order valence-electron chi connectivity index (χ2n) is 5.93. The van der Waals surface area contributed by atoms with Gasteiger partial charge in [-0.2, -0.15) is 0 Å². The highest BCUT2D eigenvalue weighted by atomic mass is 79.9. The van der Waals surface area contributed by atoms with Gasteiger partial charge in [0.15, 0.2) is 11.5 Å². The van der Waals surface area contributed by atoms with Crippen LogP contribution in [0.1, 0.15) is 11.1 Å². The van der Waals surface area contributed by atoms with E-state index in [0.717, 1.165) is 40.2 Å². The zero-order valence-corrected chi connectivity index (χ0v) is 16.3. The zero-order chi connectivity index (χ0) is 18.2. The lowest BCUT2D eigenvalue weighted by atomic mass is 10.1. The molecule has 0 spiro atoms. The highest BCUT2D eigenvalue weighted by Crippen LogP contribution is 2.28. The maximum atomic E-state index is 5.91. The number of anilines is 1. The fourth-order valence-electron chi connectivity index (χ4n) is 2.64. The lowest BCUT2D eigenvalue weighted by Crippen LogP contribution is -2.04. The van der Waals surface area contributed by atoms with Gasteiger partial charge in [0.1, 0.15) is 0 Å². The molecule has 0 fully saturated rings. The maximum Gasteiger partial charge on any atom is 0.161 e. The van der Waals surface area contributed by atoms with Crippen LogP contribution in [0.3, 0.4) is 0 Å². The molecule has 26 heavy (non-hydrogen) atoms. The molecule has 134 valence electrons. The number of halogens is 1. The quantitative estimate of drug-likeness (QED) is 0.516. The van der Waals surface area contributed by atoms with Crippen LogP contribution in [0.15, 0.2) is 77.3 Å². The van der Waals surface area contributed by atoms with Gasteiger partial charge in [-0.1, -0.05) is 52.3 Å². The van der Waals surface area contributed by atoms with Crippen molar-refractivity contribution < 1.29 is 9.47 Å². The van der Waals surface area contributed by atoms with Gasteiger partial charge in [-0.3, -0.25) is 0 Å². The van der Waals surface area contributed by atoms with Crippen LogP contribution in [0.2, 0.25) is 0 Å². The SMILES string of the molecule is COc1cc(CNc2ccc(Br)cc2)ccc1OCCc1ccccc1. The summed E-state index contributed by atoms with van der Waals surface area (Å²) in [6.07, 6.45) is 0.872. The van der Waals surface area contributed by atoms with Crippen molar-refractivity contribution in [3.63, 3.8) is 0 Å². The molecule has 0 aliphatic heterocycles. The van der Waals surface area contributed by atoms with Crippen molar-refractivity contribution in [2.75, 3.05) is 19.0 Å². The standard InChI is InChI=1S/C22H22BrNO2/c1-25-22-15-18(16-24-20-10-8-19(23)9-11-20)7-12-21(22)26-14-13-17-5-3-2-4-6-17/h2-12,15,24H,13-14,16H2,1H3. The highest BCUT2D eigenvalue weighted by molar-refractivity contribution is 9.10. The molecule has 3 aromatic carbocycles. The minimum Gasteiger partial charge on any atom is -0.493 e. The van der Waals surface area contributed by atoms with Gasteiger partial charge in [0.25, 0.3) is 0 Å². The molecule has 0 saturated carbocycles. The van der Waals surface area contributed by atoms with E-state index in [4.69, 9.17) is 9.47 Å². The minimum absolute atomic E-state index is 0.622. The maximum absolute atomic E-state index is 5.91. The van der Waals surface area contributed by atoms with Crippen LogP contribution in [-0.2, 0) is 13.0 Å². The summed E-state index contributed by atoms with van der Waals surface area (Å²) in [5.41, 5.74) is 3.48. The van der Waals surface area contributed by atoms with Crippen LogP contribution in [0.4, 0.5) is 5.69 Å². The Hall–Kier alpha value is -2.46. The van der Waals surface area contributed by atoms with Crippen molar-refractivity contribution in [1.82, 2.24) is 0 Å². The van der Waals surface area contributed by atoms with Gasteiger partial charge >= 0.3 is 0 Å². The molecule has 3 nitrogen and oxygen atoms in total. The van der Waals surface area contributed by atoms with Crippen LogP contribution in [0.5, 0.6) is 11.5 Å². The first-order valence-corrected chi connectivity index (χ1v) is 9.37. The first kappa shape index (κ1) is 18.3. The van der Waals surface area contributed by atoms with Gasteiger partial charge in [0.05, 0.1) is 13.7 Å². The normalized spacial score (nSPS) is 10.4. The van der Waals surface area contributed by atoms with Gasteiger partial charge in [-0.25, -0.2) is 0 Å². The Morgan fingerprint density at radius 2 is 1.62 bits per heavy atom. The van der Waals surface area contributed by atoms with Crippen LogP contribution >= 0.6 is 15.9 Å². The summed E-state index contributed by atoms with van der Waals surface area (Å²) in [5.74, 6) is 1.53. The first-order chi connectivity index (χ1) is 12.7. The van der Waals surface area contributed by atoms with E-state index in [1.165, 1.54) is 5.56 Å². The van der Waals surface area contributed by atoms with Crippen LogP contribution in [0.25, 0.3) is 0 Å². The summed E-state index contributed by atoms with van der Waals surface area (Å²) in [7, 11) is 1.67. The highest BCUT2D eigenvalue weighted by Gasteiger charge is 2.06. The summed E-state index contributed by atoms with van der Waals surface area (Å²) in [5, 5.41) is 3.41. The van der Waals surface area contributed by atoms with Gasteiger partial charge in [0, 0.05) is 23.1 Å². The Morgan fingerprint density at radius 3 is 2.35 bits per heavy atom. The lowest BCUT2D eigenvalue weighted by molar-refractivity contribution is 0.297. The molecule has 1 N–H and O–H groups in total. The fraction of sp³-hybridized carbons (Fsp3) is 0.182. The Morgan fingerprint density at radius 1 is 0.846 bits per heavy atom. The largest absolute Gasteiger partial charge is 0.493 e. The molecular formula is C22H22BrNO2. The number of rotatable bonds is 8. The average Bonchev–Trinajstić information content (AvgIpc) is 2.69. The molecule has 3 rings (SSSR count). The summed E-state index contributed by atoms with van der Waals surface area (Å²) >= 11 is 3.45. The predicted molar refractivity (Wildman–Crippen MR) is 110 cm³/mol. The molecule has 0 aliphatic rings. The van der Waals surface area contributed by atoms with E-state index >= 15 is 0 Å². The number of nitrogens with one attached hydrogen (secondary N) is 1. The molecule has 0 unspecified atom stereocenters.